The summed E-state index contributed by atoms with van der Waals surface area (Å²) in [5.74, 6) is -0.00566. The van der Waals surface area contributed by atoms with Crippen LogP contribution in [0.25, 0.3) is 0 Å². The lowest BCUT2D eigenvalue weighted by atomic mass is 10.0. The summed E-state index contributed by atoms with van der Waals surface area (Å²) in [6.45, 7) is 1.48. The van der Waals surface area contributed by atoms with Gasteiger partial charge < -0.3 is 19.9 Å². The zero-order valence-corrected chi connectivity index (χ0v) is 9.89. The molecule has 1 aromatic carbocycles. The van der Waals surface area contributed by atoms with Crippen LogP contribution in [0.3, 0.4) is 0 Å². The second kappa shape index (κ2) is 4.68. The Hall–Kier alpha value is -1.43. The highest BCUT2D eigenvalue weighted by molar-refractivity contribution is 5.99. The number of carbonyl (C=O) groups excluding carboxylic acids is 1. The first-order valence-corrected chi connectivity index (χ1v) is 6.04. The van der Waals surface area contributed by atoms with Crippen molar-refractivity contribution in [1.82, 2.24) is 0 Å². The Kier molecular flexibility index (Phi) is 3.03. The first-order valence-electron chi connectivity index (χ1n) is 6.04. The molecule has 5 heteroatoms. The molecule has 96 valence electrons. The van der Waals surface area contributed by atoms with Crippen LogP contribution in [0, 0.1) is 0 Å². The number of aliphatic hydroxyl groups excluding tert-OH is 1. The summed E-state index contributed by atoms with van der Waals surface area (Å²) in [5, 5.41) is 13.0. The Balaban J connectivity index is 1.80. The maximum Gasteiger partial charge on any atom is 0.228 e. The van der Waals surface area contributed by atoms with Gasteiger partial charge in [-0.2, -0.15) is 0 Å². The van der Waals surface area contributed by atoms with Crippen molar-refractivity contribution in [1.29, 1.82) is 0 Å². The summed E-state index contributed by atoms with van der Waals surface area (Å²) in [4.78, 5) is 11.3. The molecule has 0 aliphatic carbocycles. The van der Waals surface area contributed by atoms with Crippen LogP contribution in [0.2, 0.25) is 0 Å². The van der Waals surface area contributed by atoms with Crippen molar-refractivity contribution < 1.29 is 19.4 Å². The first kappa shape index (κ1) is 11.6. The third kappa shape index (κ3) is 2.12. The molecular weight excluding hydrogens is 234 g/mol. The summed E-state index contributed by atoms with van der Waals surface area (Å²) in [6.07, 6.45) is -0.675. The number of benzene rings is 1. The number of amides is 1. The van der Waals surface area contributed by atoms with E-state index in [0.717, 1.165) is 16.8 Å². The van der Waals surface area contributed by atoms with Crippen molar-refractivity contribution in [2.24, 2.45) is 0 Å². The summed E-state index contributed by atoms with van der Waals surface area (Å²) in [6, 6.07) is 5.49. The largest absolute Gasteiger partial charge is 0.386 e. The first-order chi connectivity index (χ1) is 8.74. The lowest BCUT2D eigenvalue weighted by Crippen LogP contribution is -2.33. The maximum atomic E-state index is 11.3. The van der Waals surface area contributed by atoms with Crippen molar-refractivity contribution in [3.8, 4) is 0 Å². The van der Waals surface area contributed by atoms with Gasteiger partial charge in [-0.15, -0.1) is 0 Å². The van der Waals surface area contributed by atoms with E-state index in [1.54, 1.807) is 0 Å². The number of fused-ring (bicyclic) bond motifs is 1. The van der Waals surface area contributed by atoms with Crippen LogP contribution in [0.4, 0.5) is 5.69 Å². The van der Waals surface area contributed by atoms with E-state index < -0.39 is 6.10 Å². The van der Waals surface area contributed by atoms with Gasteiger partial charge in [-0.25, -0.2) is 0 Å². The highest BCUT2D eigenvalue weighted by Crippen LogP contribution is 2.28. The van der Waals surface area contributed by atoms with Gasteiger partial charge in [-0.3, -0.25) is 4.79 Å². The number of nitrogens with one attached hydrogen (secondary N) is 1. The van der Waals surface area contributed by atoms with Crippen molar-refractivity contribution in [3.63, 3.8) is 0 Å². The van der Waals surface area contributed by atoms with Gasteiger partial charge in [0.2, 0.25) is 5.91 Å². The number of hydrogen-bond acceptors (Lipinski definition) is 4. The minimum absolute atomic E-state index is 0.00566. The Bertz CT molecular complexity index is 468. The molecule has 2 aliphatic rings. The van der Waals surface area contributed by atoms with Crippen LogP contribution >= 0.6 is 0 Å². The molecule has 18 heavy (non-hydrogen) atoms. The number of rotatable bonds is 2. The van der Waals surface area contributed by atoms with E-state index in [-0.39, 0.29) is 12.0 Å². The van der Waals surface area contributed by atoms with E-state index >= 15 is 0 Å². The zero-order valence-electron chi connectivity index (χ0n) is 9.89. The smallest absolute Gasteiger partial charge is 0.228 e. The molecule has 0 aromatic heterocycles. The standard InChI is InChI=1S/C13H15NO4/c15-12-6-9-5-8(1-2-10(9)14-12)13(16)11-7-17-3-4-18-11/h1-2,5,11,13,16H,3-4,6-7H2,(H,14,15). The normalized spacial score (nSPS) is 24.5. The van der Waals surface area contributed by atoms with Gasteiger partial charge in [-0.05, 0) is 17.2 Å². The van der Waals surface area contributed by atoms with E-state index in [4.69, 9.17) is 9.47 Å². The summed E-state index contributed by atoms with van der Waals surface area (Å²) < 4.78 is 10.8. The molecule has 2 aliphatic heterocycles. The summed E-state index contributed by atoms with van der Waals surface area (Å²) in [7, 11) is 0. The van der Waals surface area contributed by atoms with Crippen molar-refractivity contribution >= 4 is 11.6 Å². The minimum atomic E-state index is -0.716. The average molecular weight is 249 g/mol. The SMILES string of the molecule is O=C1Cc2cc(C(O)C3COCCO3)ccc2N1. The quantitative estimate of drug-likeness (QED) is 0.806. The second-order valence-corrected chi connectivity index (χ2v) is 4.57. The van der Waals surface area contributed by atoms with E-state index in [2.05, 4.69) is 5.32 Å². The van der Waals surface area contributed by atoms with E-state index in [1.807, 2.05) is 18.2 Å². The van der Waals surface area contributed by atoms with Crippen molar-refractivity contribution in [2.75, 3.05) is 25.1 Å². The van der Waals surface area contributed by atoms with E-state index in [0.29, 0.717) is 26.2 Å². The molecule has 3 rings (SSSR count). The molecule has 0 bridgehead atoms. The lowest BCUT2D eigenvalue weighted by molar-refractivity contribution is -0.133. The molecule has 1 amide bonds. The monoisotopic (exact) mass is 249 g/mol. The summed E-state index contributed by atoms with van der Waals surface area (Å²) >= 11 is 0. The number of aliphatic hydroxyl groups is 1. The number of carbonyl (C=O) groups is 1. The van der Waals surface area contributed by atoms with Crippen LogP contribution in [-0.2, 0) is 20.7 Å². The van der Waals surface area contributed by atoms with E-state index in [1.165, 1.54) is 0 Å². The Morgan fingerprint density at radius 2 is 2.28 bits per heavy atom. The molecule has 2 unspecified atom stereocenters. The molecule has 2 heterocycles. The van der Waals surface area contributed by atoms with Crippen LogP contribution in [0.1, 0.15) is 17.2 Å². The molecule has 1 fully saturated rings. The molecule has 5 nitrogen and oxygen atoms in total. The van der Waals surface area contributed by atoms with Crippen LogP contribution in [0.5, 0.6) is 0 Å². The third-order valence-electron chi connectivity index (χ3n) is 3.29. The molecule has 1 aromatic rings. The molecule has 0 spiro atoms. The van der Waals surface area contributed by atoms with Gasteiger partial charge in [0.25, 0.3) is 0 Å². The number of hydrogen-bond donors (Lipinski definition) is 2. The van der Waals surface area contributed by atoms with Crippen molar-refractivity contribution in [3.05, 3.63) is 29.3 Å². The van der Waals surface area contributed by atoms with Gasteiger partial charge in [-0.1, -0.05) is 12.1 Å². The Labute approximate surface area is 105 Å². The molecule has 1 saturated heterocycles. The topological polar surface area (TPSA) is 67.8 Å². The molecule has 0 saturated carbocycles. The predicted molar refractivity (Wildman–Crippen MR) is 64.3 cm³/mol. The Morgan fingerprint density at radius 3 is 3.06 bits per heavy atom. The number of anilines is 1. The van der Waals surface area contributed by atoms with Gasteiger partial charge >= 0.3 is 0 Å². The molecule has 0 radical (unpaired) electrons. The molecular formula is C13H15NO4. The van der Waals surface area contributed by atoms with Gasteiger partial charge in [0.1, 0.15) is 12.2 Å². The fourth-order valence-corrected chi connectivity index (χ4v) is 2.34. The fourth-order valence-electron chi connectivity index (χ4n) is 2.34. The van der Waals surface area contributed by atoms with Crippen LogP contribution in [-0.4, -0.2) is 36.9 Å². The van der Waals surface area contributed by atoms with Crippen LogP contribution < -0.4 is 5.32 Å². The van der Waals surface area contributed by atoms with Gasteiger partial charge in [0.05, 0.1) is 26.2 Å². The van der Waals surface area contributed by atoms with Crippen LogP contribution in [0.15, 0.2) is 18.2 Å². The number of ether oxygens (including phenoxy) is 2. The third-order valence-corrected chi connectivity index (χ3v) is 3.29. The molecule has 2 atom stereocenters. The Morgan fingerprint density at radius 1 is 1.39 bits per heavy atom. The highest BCUT2D eigenvalue weighted by atomic mass is 16.6. The van der Waals surface area contributed by atoms with Crippen molar-refractivity contribution in [2.45, 2.75) is 18.6 Å². The minimum Gasteiger partial charge on any atom is -0.386 e. The predicted octanol–water partition coefficient (Wildman–Crippen LogP) is 0.630. The fraction of sp³-hybridized carbons (Fsp3) is 0.462. The summed E-state index contributed by atoms with van der Waals surface area (Å²) in [5.41, 5.74) is 2.52. The van der Waals surface area contributed by atoms with Gasteiger partial charge in [0, 0.05) is 5.69 Å². The van der Waals surface area contributed by atoms with E-state index in [9.17, 15) is 9.90 Å². The van der Waals surface area contributed by atoms with Gasteiger partial charge in [0.15, 0.2) is 0 Å². The highest BCUT2D eigenvalue weighted by Gasteiger charge is 2.26. The molecule has 2 N–H and O–H groups in total. The zero-order chi connectivity index (χ0) is 12.5. The maximum absolute atomic E-state index is 11.3. The second-order valence-electron chi connectivity index (χ2n) is 4.57. The lowest BCUT2D eigenvalue weighted by Gasteiger charge is -2.27. The average Bonchev–Trinajstić information content (AvgIpc) is 2.78.